The first-order valence-electron chi connectivity index (χ1n) is 8.34. The number of β-lactam (4-membered cyclic amide) rings is 1. The Balaban J connectivity index is 1.72. The molecule has 1 spiro atoms. The van der Waals surface area contributed by atoms with Gasteiger partial charge in [-0.25, -0.2) is 0 Å². The molecule has 2 saturated heterocycles. The summed E-state index contributed by atoms with van der Waals surface area (Å²) in [6.45, 7) is 2.50. The maximum atomic E-state index is 13.2. The molecular weight excluding hydrogens is 324 g/mol. The van der Waals surface area contributed by atoms with E-state index in [1.54, 1.807) is 12.4 Å². The lowest BCUT2D eigenvalue weighted by atomic mass is 9.63. The predicted octanol–water partition coefficient (Wildman–Crippen LogP) is 2.24. The summed E-state index contributed by atoms with van der Waals surface area (Å²) in [5.74, 6) is 0.214. The second-order valence-corrected chi connectivity index (χ2v) is 7.27. The molecule has 0 saturated carbocycles. The van der Waals surface area contributed by atoms with E-state index in [9.17, 15) is 4.79 Å². The molecule has 5 nitrogen and oxygen atoms in total. The summed E-state index contributed by atoms with van der Waals surface area (Å²) < 4.78 is 0. The molecule has 0 aromatic carbocycles. The molecular formula is C18H21ClN4O. The number of aromatic nitrogens is 1. The van der Waals surface area contributed by atoms with Crippen LogP contribution in [0.25, 0.3) is 0 Å². The average molecular weight is 345 g/mol. The van der Waals surface area contributed by atoms with E-state index in [1.165, 1.54) is 0 Å². The van der Waals surface area contributed by atoms with E-state index in [-0.39, 0.29) is 17.4 Å². The highest BCUT2D eigenvalue weighted by Gasteiger charge is 2.62. The molecule has 1 atom stereocenters. The molecule has 0 bridgehead atoms. The van der Waals surface area contributed by atoms with Crippen molar-refractivity contribution >= 4 is 17.5 Å². The number of pyridine rings is 1. The molecule has 1 N–H and O–H groups in total. The number of likely N-dealkylation sites (tertiary alicyclic amines) is 2. The fourth-order valence-corrected chi connectivity index (χ4v) is 4.27. The maximum Gasteiger partial charge on any atom is 0.236 e. The highest BCUT2D eigenvalue weighted by atomic mass is 35.5. The molecule has 4 rings (SSSR count). The normalized spacial score (nSPS) is 26.5. The number of rotatable bonds is 2. The lowest BCUT2D eigenvalue weighted by Gasteiger charge is -2.59. The summed E-state index contributed by atoms with van der Waals surface area (Å²) in [5.41, 5.74) is 1.57. The Kier molecular flexibility index (Phi) is 3.85. The van der Waals surface area contributed by atoms with Crippen molar-refractivity contribution in [3.8, 4) is 0 Å². The van der Waals surface area contributed by atoms with Gasteiger partial charge in [0.25, 0.3) is 0 Å². The number of allylic oxidation sites excluding steroid dienone is 2. The Labute approximate surface area is 147 Å². The SMILES string of the molecule is CN1CCC2(CC1)C(=O)N(C1=CC(Cl)=CNC1)C2c1ccccn1. The van der Waals surface area contributed by atoms with Crippen LogP contribution >= 0.6 is 11.6 Å². The van der Waals surface area contributed by atoms with Gasteiger partial charge in [-0.15, -0.1) is 0 Å². The summed E-state index contributed by atoms with van der Waals surface area (Å²) in [4.78, 5) is 21.9. The van der Waals surface area contributed by atoms with Gasteiger partial charge < -0.3 is 15.1 Å². The maximum absolute atomic E-state index is 13.2. The van der Waals surface area contributed by atoms with Gasteiger partial charge in [0.2, 0.25) is 5.91 Å². The van der Waals surface area contributed by atoms with Crippen LogP contribution in [0.15, 0.2) is 47.4 Å². The molecule has 4 heterocycles. The Morgan fingerprint density at radius 1 is 1.33 bits per heavy atom. The van der Waals surface area contributed by atoms with E-state index < -0.39 is 0 Å². The predicted molar refractivity (Wildman–Crippen MR) is 93.0 cm³/mol. The Bertz CT molecular complexity index is 707. The molecule has 3 aliphatic heterocycles. The highest BCUT2D eigenvalue weighted by molar-refractivity contribution is 6.31. The van der Waals surface area contributed by atoms with Crippen LogP contribution in [0.5, 0.6) is 0 Å². The van der Waals surface area contributed by atoms with Crippen LogP contribution in [0, 0.1) is 5.41 Å². The third-order valence-corrected chi connectivity index (χ3v) is 5.63. The molecule has 0 aliphatic carbocycles. The monoisotopic (exact) mass is 344 g/mol. The fourth-order valence-electron chi connectivity index (χ4n) is 4.07. The Morgan fingerprint density at radius 2 is 2.12 bits per heavy atom. The van der Waals surface area contributed by atoms with Crippen LogP contribution in [0.3, 0.4) is 0 Å². The van der Waals surface area contributed by atoms with E-state index >= 15 is 0 Å². The van der Waals surface area contributed by atoms with E-state index in [0.29, 0.717) is 11.6 Å². The van der Waals surface area contributed by atoms with Crippen LogP contribution in [-0.2, 0) is 4.79 Å². The van der Waals surface area contributed by atoms with Gasteiger partial charge in [0.1, 0.15) is 0 Å². The lowest BCUT2D eigenvalue weighted by Crippen LogP contribution is -2.66. The number of hydrogen-bond donors (Lipinski definition) is 1. The minimum atomic E-state index is -0.324. The second-order valence-electron chi connectivity index (χ2n) is 6.84. The van der Waals surface area contributed by atoms with E-state index in [0.717, 1.165) is 37.3 Å². The number of carbonyl (C=O) groups is 1. The van der Waals surface area contributed by atoms with Gasteiger partial charge >= 0.3 is 0 Å². The Hall–Kier alpha value is -1.85. The second kappa shape index (κ2) is 5.90. The van der Waals surface area contributed by atoms with Crippen LogP contribution in [0.4, 0.5) is 0 Å². The summed E-state index contributed by atoms with van der Waals surface area (Å²) in [7, 11) is 2.11. The van der Waals surface area contributed by atoms with Gasteiger partial charge in [0.05, 0.1) is 28.7 Å². The standard InChI is InChI=1S/C18H21ClN4O/c1-22-8-5-18(6-9-22)16(15-4-2-3-7-21-15)23(17(18)24)14-10-13(19)11-20-12-14/h2-4,7,10-11,16,20H,5-6,8-9,12H2,1H3. The summed E-state index contributed by atoms with van der Waals surface area (Å²) in [6, 6.07) is 5.93. The largest absolute Gasteiger partial charge is 0.384 e. The number of amides is 1. The first kappa shape index (κ1) is 15.7. The number of carbonyl (C=O) groups excluding carboxylic acids is 1. The van der Waals surface area contributed by atoms with Gasteiger partial charge in [-0.05, 0) is 51.2 Å². The molecule has 126 valence electrons. The number of nitrogens with zero attached hydrogens (tertiary/aromatic N) is 3. The topological polar surface area (TPSA) is 48.5 Å². The summed E-state index contributed by atoms with van der Waals surface area (Å²) in [6.07, 6.45) is 7.21. The zero-order valence-electron chi connectivity index (χ0n) is 13.7. The quantitative estimate of drug-likeness (QED) is 0.836. The van der Waals surface area contributed by atoms with Crippen molar-refractivity contribution in [2.24, 2.45) is 5.41 Å². The van der Waals surface area contributed by atoms with E-state index in [2.05, 4.69) is 22.2 Å². The molecule has 1 amide bonds. The summed E-state index contributed by atoms with van der Waals surface area (Å²) in [5, 5.41) is 3.76. The lowest BCUT2D eigenvalue weighted by molar-refractivity contribution is -0.175. The van der Waals surface area contributed by atoms with Crippen molar-refractivity contribution < 1.29 is 4.79 Å². The molecule has 1 aromatic rings. The average Bonchev–Trinajstić information content (AvgIpc) is 2.60. The number of hydrogen-bond acceptors (Lipinski definition) is 4. The van der Waals surface area contributed by atoms with Gasteiger partial charge in [0, 0.05) is 18.1 Å². The van der Waals surface area contributed by atoms with E-state index in [1.807, 2.05) is 29.2 Å². The van der Waals surface area contributed by atoms with E-state index in [4.69, 9.17) is 11.6 Å². The van der Waals surface area contributed by atoms with Gasteiger partial charge in [-0.1, -0.05) is 17.7 Å². The Morgan fingerprint density at radius 3 is 2.79 bits per heavy atom. The van der Waals surface area contributed by atoms with Crippen molar-refractivity contribution in [3.05, 3.63) is 53.1 Å². The number of halogens is 1. The number of dihydropyridines is 1. The molecule has 2 fully saturated rings. The highest BCUT2D eigenvalue weighted by Crippen LogP contribution is 2.57. The third kappa shape index (κ3) is 2.34. The zero-order chi connectivity index (χ0) is 16.7. The molecule has 1 unspecified atom stereocenters. The van der Waals surface area contributed by atoms with Crippen molar-refractivity contribution in [1.29, 1.82) is 0 Å². The molecule has 6 heteroatoms. The van der Waals surface area contributed by atoms with Crippen molar-refractivity contribution in [3.63, 3.8) is 0 Å². The first-order chi connectivity index (χ1) is 11.6. The van der Waals surface area contributed by atoms with Gasteiger partial charge in [-0.3, -0.25) is 9.78 Å². The molecule has 0 radical (unpaired) electrons. The van der Waals surface area contributed by atoms with Crippen LogP contribution in [-0.4, -0.2) is 47.4 Å². The van der Waals surface area contributed by atoms with Gasteiger partial charge in [0.15, 0.2) is 0 Å². The smallest absolute Gasteiger partial charge is 0.236 e. The number of nitrogens with one attached hydrogen (secondary N) is 1. The molecule has 3 aliphatic rings. The minimum absolute atomic E-state index is 0.00415. The summed E-state index contributed by atoms with van der Waals surface area (Å²) >= 11 is 6.14. The number of piperidine rings is 1. The molecule has 24 heavy (non-hydrogen) atoms. The van der Waals surface area contributed by atoms with Crippen molar-refractivity contribution in [1.82, 2.24) is 20.1 Å². The van der Waals surface area contributed by atoms with Crippen molar-refractivity contribution in [2.75, 3.05) is 26.7 Å². The van der Waals surface area contributed by atoms with Crippen LogP contribution in [0.1, 0.15) is 24.6 Å². The van der Waals surface area contributed by atoms with Crippen molar-refractivity contribution in [2.45, 2.75) is 18.9 Å². The first-order valence-corrected chi connectivity index (χ1v) is 8.72. The fraction of sp³-hybridized carbons (Fsp3) is 0.444. The van der Waals surface area contributed by atoms with Crippen LogP contribution in [0.2, 0.25) is 0 Å². The van der Waals surface area contributed by atoms with Gasteiger partial charge in [-0.2, -0.15) is 0 Å². The third-order valence-electron chi connectivity index (χ3n) is 5.41. The minimum Gasteiger partial charge on any atom is -0.384 e. The molecule has 1 aromatic heterocycles. The zero-order valence-corrected chi connectivity index (χ0v) is 14.5. The van der Waals surface area contributed by atoms with Crippen LogP contribution < -0.4 is 5.32 Å².